The minimum Gasteiger partial charge on any atom is -0.395 e. The number of benzene rings is 2. The average molecular weight is 554 g/mol. The molecule has 0 aliphatic rings. The molecule has 0 aliphatic heterocycles. The van der Waals surface area contributed by atoms with Gasteiger partial charge in [0, 0.05) is 43.3 Å². The molecule has 0 radical (unpaired) electrons. The quantitative estimate of drug-likeness (QED) is 0.433. The van der Waals surface area contributed by atoms with Crippen LogP contribution in [0.15, 0.2) is 58.3 Å². The fourth-order valence-electron chi connectivity index (χ4n) is 3.40. The Labute approximate surface area is 212 Å². The molecule has 34 heavy (non-hydrogen) atoms. The smallest absolute Gasteiger partial charge is 0.243 e. The van der Waals surface area contributed by atoms with Crippen LogP contribution in [0.4, 0.5) is 0 Å². The monoisotopic (exact) mass is 552 g/mol. The lowest BCUT2D eigenvalue weighted by atomic mass is 10.0. The van der Waals surface area contributed by atoms with Crippen molar-refractivity contribution in [2.75, 3.05) is 33.9 Å². The van der Waals surface area contributed by atoms with Crippen molar-refractivity contribution in [1.29, 1.82) is 0 Å². The summed E-state index contributed by atoms with van der Waals surface area (Å²) in [7, 11) is -4.93. The van der Waals surface area contributed by atoms with Gasteiger partial charge in [-0.05, 0) is 55.3 Å². The summed E-state index contributed by atoms with van der Waals surface area (Å²) in [5.41, 5.74) is 0. The topological polar surface area (TPSA) is 104 Å². The fourth-order valence-corrected chi connectivity index (χ4v) is 6.73. The number of nitrogens with zero attached hydrogens (tertiary/aromatic N) is 2. The number of aliphatic hydroxyl groups excluding tert-OH is 1. The zero-order valence-corrected chi connectivity index (χ0v) is 22.6. The van der Waals surface area contributed by atoms with Crippen molar-refractivity contribution in [2.24, 2.45) is 5.92 Å². The van der Waals surface area contributed by atoms with E-state index in [0.29, 0.717) is 5.02 Å². The number of aliphatic hydroxyl groups is 1. The number of ether oxygens (including phenoxy) is 1. The molecule has 0 spiro atoms. The number of methoxy groups -OCH3 is 1. The molecule has 0 saturated carbocycles. The molecule has 0 saturated heterocycles. The standard InChI is InChI=1S/C22H30Cl2N2O6S2/c1-16(13-26(17(2)15-27)34(30,31)21-7-5-6-19(24)12-21)22(32-4)14-25(3)33(28,29)20-10-8-18(23)9-11-20/h5-12,16-17,22,27H,13-15H2,1-4H3/t16-,17+,22-/m1/s1. The van der Waals surface area contributed by atoms with Gasteiger partial charge in [0.15, 0.2) is 0 Å². The summed E-state index contributed by atoms with van der Waals surface area (Å²) in [6.07, 6.45) is -0.630. The highest BCUT2D eigenvalue weighted by Crippen LogP contribution is 2.25. The van der Waals surface area contributed by atoms with Gasteiger partial charge >= 0.3 is 0 Å². The van der Waals surface area contributed by atoms with Crippen molar-refractivity contribution in [1.82, 2.24) is 8.61 Å². The first-order valence-corrected chi connectivity index (χ1v) is 14.1. The Morgan fingerprint density at radius 1 is 0.912 bits per heavy atom. The first-order chi connectivity index (χ1) is 15.8. The Morgan fingerprint density at radius 2 is 1.53 bits per heavy atom. The van der Waals surface area contributed by atoms with Gasteiger partial charge in [-0.2, -0.15) is 8.61 Å². The molecule has 0 bridgehead atoms. The van der Waals surface area contributed by atoms with Crippen molar-refractivity contribution < 1.29 is 26.7 Å². The SMILES string of the molecule is CO[C@H](CN(C)S(=O)(=O)c1ccc(Cl)cc1)[C@H](C)CN([C@@H](C)CO)S(=O)(=O)c1cccc(Cl)c1. The second-order valence-corrected chi connectivity index (χ2v) is 12.9. The number of halogens is 2. The molecule has 0 aliphatic carbocycles. The molecule has 190 valence electrons. The normalized spacial score (nSPS) is 15.4. The molecule has 2 aromatic carbocycles. The van der Waals surface area contributed by atoms with Gasteiger partial charge in [-0.3, -0.25) is 0 Å². The van der Waals surface area contributed by atoms with Crippen LogP contribution in [0.25, 0.3) is 0 Å². The number of sulfonamides is 2. The average Bonchev–Trinajstić information content (AvgIpc) is 2.80. The van der Waals surface area contributed by atoms with Crippen LogP contribution >= 0.6 is 23.2 Å². The van der Waals surface area contributed by atoms with Crippen molar-refractivity contribution in [2.45, 2.75) is 35.8 Å². The van der Waals surface area contributed by atoms with Crippen LogP contribution in [0.2, 0.25) is 10.0 Å². The van der Waals surface area contributed by atoms with Gasteiger partial charge in [0.1, 0.15) is 0 Å². The van der Waals surface area contributed by atoms with Crippen molar-refractivity contribution in [3.05, 3.63) is 58.6 Å². The van der Waals surface area contributed by atoms with E-state index in [0.717, 1.165) is 4.31 Å². The lowest BCUT2D eigenvalue weighted by molar-refractivity contribution is 0.0360. The van der Waals surface area contributed by atoms with Gasteiger partial charge in [0.25, 0.3) is 0 Å². The molecule has 2 aromatic rings. The van der Waals surface area contributed by atoms with E-state index in [2.05, 4.69) is 0 Å². The maximum absolute atomic E-state index is 13.3. The second kappa shape index (κ2) is 12.1. The highest BCUT2D eigenvalue weighted by molar-refractivity contribution is 7.89. The van der Waals surface area contributed by atoms with Gasteiger partial charge in [-0.15, -0.1) is 0 Å². The van der Waals surface area contributed by atoms with Crippen molar-refractivity contribution >= 4 is 43.2 Å². The predicted octanol–water partition coefficient (Wildman–Crippen LogP) is 3.34. The van der Waals surface area contributed by atoms with Crippen LogP contribution in [-0.2, 0) is 24.8 Å². The zero-order chi connectivity index (χ0) is 25.7. The number of likely N-dealkylation sites (N-methyl/N-ethyl adjacent to an activating group) is 1. The fraction of sp³-hybridized carbons (Fsp3) is 0.455. The molecule has 0 heterocycles. The van der Waals surface area contributed by atoms with E-state index >= 15 is 0 Å². The van der Waals surface area contributed by atoms with Crippen LogP contribution < -0.4 is 0 Å². The summed E-state index contributed by atoms with van der Waals surface area (Å²) in [5, 5.41) is 10.4. The van der Waals surface area contributed by atoms with E-state index in [-0.39, 0.29) is 27.9 Å². The van der Waals surface area contributed by atoms with E-state index in [1.165, 1.54) is 60.9 Å². The van der Waals surface area contributed by atoms with Gasteiger partial charge in [0.05, 0.1) is 22.5 Å². The highest BCUT2D eigenvalue weighted by atomic mass is 35.5. The number of rotatable bonds is 12. The molecule has 2 rings (SSSR count). The summed E-state index contributed by atoms with van der Waals surface area (Å²) in [6, 6.07) is 11.0. The van der Waals surface area contributed by atoms with Gasteiger partial charge in [0.2, 0.25) is 20.0 Å². The molecule has 0 fully saturated rings. The van der Waals surface area contributed by atoms with E-state index in [9.17, 15) is 21.9 Å². The summed E-state index contributed by atoms with van der Waals surface area (Å²) in [6.45, 7) is 2.94. The number of hydrogen-bond donors (Lipinski definition) is 1. The Balaban J connectivity index is 2.26. The minimum atomic E-state index is -3.99. The summed E-state index contributed by atoms with van der Waals surface area (Å²) >= 11 is 11.8. The second-order valence-electron chi connectivity index (χ2n) is 8.05. The largest absolute Gasteiger partial charge is 0.395 e. The first-order valence-electron chi connectivity index (χ1n) is 10.5. The van der Waals surface area contributed by atoms with Gasteiger partial charge in [-0.25, -0.2) is 16.8 Å². The van der Waals surface area contributed by atoms with Crippen molar-refractivity contribution in [3.63, 3.8) is 0 Å². The van der Waals surface area contributed by atoms with E-state index in [1.54, 1.807) is 19.9 Å². The Morgan fingerprint density at radius 3 is 2.06 bits per heavy atom. The Bertz CT molecular complexity index is 1160. The molecule has 1 N–H and O–H groups in total. The third-order valence-corrected chi connectivity index (χ3v) is 9.82. The highest BCUT2D eigenvalue weighted by Gasteiger charge is 2.34. The van der Waals surface area contributed by atoms with Crippen LogP contribution in [0, 0.1) is 5.92 Å². The van der Waals surface area contributed by atoms with E-state index in [1.807, 2.05) is 0 Å². The van der Waals surface area contributed by atoms with Gasteiger partial charge in [-0.1, -0.05) is 36.2 Å². The van der Waals surface area contributed by atoms with Crippen LogP contribution in [0.3, 0.4) is 0 Å². The predicted molar refractivity (Wildman–Crippen MR) is 133 cm³/mol. The van der Waals surface area contributed by atoms with Gasteiger partial charge < -0.3 is 9.84 Å². The molecule has 3 atom stereocenters. The maximum Gasteiger partial charge on any atom is 0.243 e. The summed E-state index contributed by atoms with van der Waals surface area (Å²) < 4.78 is 60.4. The molecular formula is C22H30Cl2N2O6S2. The lowest BCUT2D eigenvalue weighted by Gasteiger charge is -2.33. The summed E-state index contributed by atoms with van der Waals surface area (Å²) in [4.78, 5) is 0.0878. The number of hydrogen-bond acceptors (Lipinski definition) is 6. The third kappa shape index (κ3) is 6.92. The van der Waals surface area contributed by atoms with Crippen LogP contribution in [0.1, 0.15) is 13.8 Å². The molecule has 0 amide bonds. The summed E-state index contributed by atoms with van der Waals surface area (Å²) in [5.74, 6) is -0.421. The molecular weight excluding hydrogens is 523 g/mol. The van der Waals surface area contributed by atoms with E-state index < -0.39 is 44.7 Å². The van der Waals surface area contributed by atoms with E-state index in [4.69, 9.17) is 27.9 Å². The lowest BCUT2D eigenvalue weighted by Crippen LogP contribution is -2.47. The Kier molecular flexibility index (Phi) is 10.3. The van der Waals surface area contributed by atoms with Crippen molar-refractivity contribution in [3.8, 4) is 0 Å². The van der Waals surface area contributed by atoms with Crippen LogP contribution in [0.5, 0.6) is 0 Å². The molecule has 8 nitrogen and oxygen atoms in total. The maximum atomic E-state index is 13.3. The first kappa shape index (κ1) is 29.0. The minimum absolute atomic E-state index is 0.00361. The molecule has 0 aromatic heterocycles. The Hall–Kier alpha value is -1.24. The third-order valence-electron chi connectivity index (χ3n) is 5.52. The zero-order valence-electron chi connectivity index (χ0n) is 19.4. The van der Waals surface area contributed by atoms with Crippen LogP contribution in [-0.4, -0.2) is 76.6 Å². The molecule has 12 heteroatoms. The molecule has 0 unspecified atom stereocenters.